The molecule has 1 saturated carbocycles. The van der Waals surface area contributed by atoms with Crippen molar-refractivity contribution >= 4 is 40.3 Å². The molecule has 3 nitrogen and oxygen atoms in total. The molecule has 24 heavy (non-hydrogen) atoms. The topological polar surface area (TPSA) is 29.6 Å². The molecule has 0 unspecified atom stereocenters. The van der Waals surface area contributed by atoms with E-state index in [0.717, 1.165) is 28.9 Å². The van der Waals surface area contributed by atoms with Gasteiger partial charge in [-0.1, -0.05) is 35.7 Å². The highest BCUT2D eigenvalue weighted by Gasteiger charge is 2.13. The molecule has 0 bridgehead atoms. The smallest absolute Gasteiger partial charge is 0.206 e. The van der Waals surface area contributed by atoms with Crippen molar-refractivity contribution in [2.24, 2.45) is 10.1 Å². The first-order chi connectivity index (χ1) is 11.7. The second-order valence-electron chi connectivity index (χ2n) is 5.70. The molecule has 1 aromatic heterocycles. The molecular weight excluding hydrogens is 361 g/mol. The van der Waals surface area contributed by atoms with Crippen LogP contribution >= 0.6 is 34.5 Å². The summed E-state index contributed by atoms with van der Waals surface area (Å²) in [4.78, 5) is 5.43. The van der Waals surface area contributed by atoms with Gasteiger partial charge < -0.3 is 0 Å². The van der Waals surface area contributed by atoms with Crippen LogP contribution in [0.25, 0.3) is 11.3 Å². The third-order valence-electron chi connectivity index (χ3n) is 3.92. The van der Waals surface area contributed by atoms with E-state index in [4.69, 9.17) is 28.3 Å². The van der Waals surface area contributed by atoms with Gasteiger partial charge in [0.2, 0.25) is 4.80 Å². The number of thiazole rings is 1. The quantitative estimate of drug-likeness (QED) is 0.602. The van der Waals surface area contributed by atoms with Gasteiger partial charge >= 0.3 is 0 Å². The molecule has 1 aliphatic carbocycles. The first-order valence-corrected chi connectivity index (χ1v) is 9.66. The predicted octanol–water partition coefficient (Wildman–Crippen LogP) is 5.78. The second-order valence-corrected chi connectivity index (χ2v) is 7.38. The fourth-order valence-electron chi connectivity index (χ4n) is 2.73. The summed E-state index contributed by atoms with van der Waals surface area (Å²) < 4.78 is 1.92. The van der Waals surface area contributed by atoms with Crippen molar-refractivity contribution < 1.29 is 0 Å². The molecule has 0 N–H and O–H groups in total. The molecule has 1 aromatic carbocycles. The molecule has 1 aliphatic rings. The summed E-state index contributed by atoms with van der Waals surface area (Å²) >= 11 is 14.0. The maximum absolute atomic E-state index is 6.40. The van der Waals surface area contributed by atoms with E-state index in [-0.39, 0.29) is 0 Å². The van der Waals surface area contributed by atoms with E-state index in [0.29, 0.717) is 16.6 Å². The first kappa shape index (κ1) is 17.5. The molecule has 0 atom stereocenters. The minimum Gasteiger partial charge on any atom is -0.253 e. The van der Waals surface area contributed by atoms with Crippen molar-refractivity contribution in [1.82, 2.24) is 4.68 Å². The molecule has 1 heterocycles. The van der Waals surface area contributed by atoms with E-state index in [1.807, 2.05) is 22.2 Å². The highest BCUT2D eigenvalue weighted by atomic mass is 35.5. The Hall–Kier alpha value is -1.36. The maximum atomic E-state index is 6.40. The van der Waals surface area contributed by atoms with Crippen molar-refractivity contribution in [2.75, 3.05) is 6.54 Å². The zero-order valence-corrected chi connectivity index (χ0v) is 15.7. The Morgan fingerprint density at radius 2 is 2.00 bits per heavy atom. The Kier molecular flexibility index (Phi) is 5.93. The zero-order chi connectivity index (χ0) is 16.9. The summed E-state index contributed by atoms with van der Waals surface area (Å²) in [5.41, 5.74) is 3.09. The van der Waals surface area contributed by atoms with Crippen molar-refractivity contribution in [3.8, 4) is 11.3 Å². The molecule has 6 heteroatoms. The lowest BCUT2D eigenvalue weighted by atomic mass is 9.99. The summed E-state index contributed by atoms with van der Waals surface area (Å²) in [6.07, 6.45) is 7.60. The number of hydrogen-bond acceptors (Lipinski definition) is 3. The number of nitrogens with zero attached hydrogens (tertiary/aromatic N) is 3. The molecule has 0 saturated heterocycles. The van der Waals surface area contributed by atoms with Gasteiger partial charge in [-0.25, -0.2) is 4.68 Å². The predicted molar refractivity (Wildman–Crippen MR) is 104 cm³/mol. The normalized spacial score (nSPS) is 15.6. The molecule has 0 aliphatic heterocycles. The Bertz CT molecular complexity index is 825. The third kappa shape index (κ3) is 4.00. The van der Waals surface area contributed by atoms with Crippen molar-refractivity contribution in [3.05, 3.63) is 51.1 Å². The van der Waals surface area contributed by atoms with E-state index < -0.39 is 0 Å². The fraction of sp³-hybridized carbons (Fsp3) is 0.333. The molecule has 0 radical (unpaired) electrons. The average molecular weight is 380 g/mol. The van der Waals surface area contributed by atoms with Crippen molar-refractivity contribution in [3.63, 3.8) is 0 Å². The number of hydrogen-bond donors (Lipinski definition) is 0. The molecule has 3 rings (SSSR count). The van der Waals surface area contributed by atoms with Crippen molar-refractivity contribution in [2.45, 2.75) is 32.1 Å². The van der Waals surface area contributed by atoms with Crippen molar-refractivity contribution in [1.29, 1.82) is 0 Å². The highest BCUT2D eigenvalue weighted by molar-refractivity contribution is 7.07. The van der Waals surface area contributed by atoms with E-state index in [1.54, 1.807) is 23.5 Å². The van der Waals surface area contributed by atoms with Gasteiger partial charge in [0.05, 0.1) is 17.3 Å². The van der Waals surface area contributed by atoms with Gasteiger partial charge in [-0.05, 0) is 43.9 Å². The Labute approximate surface area is 156 Å². The lowest BCUT2D eigenvalue weighted by Gasteiger charge is -2.13. The van der Waals surface area contributed by atoms with Crippen LogP contribution in [-0.2, 0) is 0 Å². The summed E-state index contributed by atoms with van der Waals surface area (Å²) in [6.45, 7) is 4.31. The number of halogens is 2. The maximum Gasteiger partial charge on any atom is 0.206 e. The molecule has 126 valence electrons. The van der Waals surface area contributed by atoms with Gasteiger partial charge in [0, 0.05) is 21.7 Å². The van der Waals surface area contributed by atoms with Gasteiger partial charge in [-0.2, -0.15) is 5.10 Å². The van der Waals surface area contributed by atoms with Gasteiger partial charge in [-0.3, -0.25) is 4.99 Å². The zero-order valence-electron chi connectivity index (χ0n) is 13.3. The number of rotatable bonds is 4. The van der Waals surface area contributed by atoms with E-state index in [2.05, 4.69) is 11.6 Å². The van der Waals surface area contributed by atoms with Crippen LogP contribution in [-0.4, -0.2) is 16.9 Å². The molecule has 1 fully saturated rings. The summed E-state index contributed by atoms with van der Waals surface area (Å²) in [5.74, 6) is 0. The fourth-order valence-corrected chi connectivity index (χ4v) is 4.07. The largest absolute Gasteiger partial charge is 0.253 e. The lowest BCUT2D eigenvalue weighted by Crippen LogP contribution is -2.16. The van der Waals surface area contributed by atoms with Crippen LogP contribution in [0.3, 0.4) is 0 Å². The number of benzene rings is 1. The van der Waals surface area contributed by atoms with Gasteiger partial charge in [0.25, 0.3) is 0 Å². The van der Waals surface area contributed by atoms with Gasteiger partial charge in [0.15, 0.2) is 0 Å². The SMILES string of the molecule is C=CCN=c1scc(-c2ccc(Cl)cc2Cl)n1N=C1CCCCC1. The van der Waals surface area contributed by atoms with Crippen LogP contribution < -0.4 is 4.80 Å². The monoisotopic (exact) mass is 379 g/mol. The summed E-state index contributed by atoms with van der Waals surface area (Å²) in [7, 11) is 0. The molecule has 2 aromatic rings. The van der Waals surface area contributed by atoms with E-state index >= 15 is 0 Å². The Morgan fingerprint density at radius 3 is 2.71 bits per heavy atom. The molecule has 0 amide bonds. The van der Waals surface area contributed by atoms with E-state index in [1.165, 1.54) is 25.0 Å². The van der Waals surface area contributed by atoms with Crippen LogP contribution in [0.2, 0.25) is 10.0 Å². The van der Waals surface area contributed by atoms with Crippen LogP contribution in [0.4, 0.5) is 0 Å². The summed E-state index contributed by atoms with van der Waals surface area (Å²) in [6, 6.07) is 5.54. The molecule has 0 spiro atoms. The van der Waals surface area contributed by atoms with Gasteiger partial charge in [-0.15, -0.1) is 17.9 Å². The Morgan fingerprint density at radius 1 is 1.21 bits per heavy atom. The van der Waals surface area contributed by atoms with Crippen LogP contribution in [0.15, 0.2) is 46.3 Å². The summed E-state index contributed by atoms with van der Waals surface area (Å²) in [5, 5.41) is 8.18. The average Bonchev–Trinajstić information content (AvgIpc) is 2.96. The number of aromatic nitrogens is 1. The van der Waals surface area contributed by atoms with E-state index in [9.17, 15) is 0 Å². The first-order valence-electron chi connectivity index (χ1n) is 8.03. The second kappa shape index (κ2) is 8.15. The molecular formula is C18H19Cl2N3S. The minimum absolute atomic E-state index is 0.569. The standard InChI is InChI=1S/C18H19Cl2N3S/c1-2-10-21-18-23(22-14-6-4-3-5-7-14)17(12-24-18)15-9-8-13(19)11-16(15)20/h2,8-9,11-12H,1,3-7,10H2. The Balaban J connectivity index is 2.12. The van der Waals surface area contributed by atoms with Gasteiger partial charge in [0.1, 0.15) is 0 Å². The van der Waals surface area contributed by atoms with Crippen LogP contribution in [0, 0.1) is 0 Å². The van der Waals surface area contributed by atoms with Crippen LogP contribution in [0.1, 0.15) is 32.1 Å². The minimum atomic E-state index is 0.569. The highest BCUT2D eigenvalue weighted by Crippen LogP contribution is 2.31. The van der Waals surface area contributed by atoms with Crippen LogP contribution in [0.5, 0.6) is 0 Å². The lowest BCUT2D eigenvalue weighted by molar-refractivity contribution is 0.655. The third-order valence-corrected chi connectivity index (χ3v) is 5.32.